The van der Waals surface area contributed by atoms with Crippen molar-refractivity contribution in [3.05, 3.63) is 48.6 Å². The molecule has 0 aliphatic heterocycles. The topological polar surface area (TPSA) is 127 Å². The zero-order chi connectivity index (χ0) is 22.6. The van der Waals surface area contributed by atoms with E-state index in [0.29, 0.717) is 18.6 Å². The van der Waals surface area contributed by atoms with E-state index in [1.54, 1.807) is 0 Å². The van der Waals surface area contributed by atoms with Gasteiger partial charge in [0.1, 0.15) is 0 Å². The molecule has 0 aromatic heterocycles. The van der Waals surface area contributed by atoms with E-state index in [0.717, 1.165) is 32.1 Å². The van der Waals surface area contributed by atoms with Crippen LogP contribution in [0, 0.1) is 0 Å². The summed E-state index contributed by atoms with van der Waals surface area (Å²) < 4.78 is 0. The number of allylic oxidation sites excluding steroid dienone is 7. The normalized spacial score (nSPS) is 15.4. The molecule has 7 heteroatoms. The van der Waals surface area contributed by atoms with E-state index in [1.807, 2.05) is 48.6 Å². The third-order valence-corrected chi connectivity index (χ3v) is 5.69. The zero-order valence-electron chi connectivity index (χ0n) is 18.0. The highest BCUT2D eigenvalue weighted by Gasteiger charge is 2.19. The molecule has 0 spiro atoms. The maximum atomic E-state index is 11.1. The summed E-state index contributed by atoms with van der Waals surface area (Å²) in [6.45, 7) is 2.12. The minimum atomic E-state index is -0.758. The third-order valence-electron chi connectivity index (χ3n) is 4.29. The van der Waals surface area contributed by atoms with E-state index in [-0.39, 0.29) is 11.7 Å². The van der Waals surface area contributed by atoms with Crippen LogP contribution in [-0.2, 0) is 9.59 Å². The summed E-state index contributed by atoms with van der Waals surface area (Å²) in [6, 6.07) is -0.718. The van der Waals surface area contributed by atoms with E-state index in [9.17, 15) is 14.7 Å². The summed E-state index contributed by atoms with van der Waals surface area (Å²) in [4.78, 5) is 21.5. The predicted molar refractivity (Wildman–Crippen MR) is 126 cm³/mol. The quantitative estimate of drug-likeness (QED) is 0.147. The van der Waals surface area contributed by atoms with Gasteiger partial charge in [-0.15, -0.1) is 11.8 Å². The lowest BCUT2D eigenvalue weighted by atomic mass is 10.1. The third kappa shape index (κ3) is 17.1. The number of thioether (sulfide) groups is 1. The van der Waals surface area contributed by atoms with E-state index in [4.69, 9.17) is 16.6 Å². The maximum Gasteiger partial charge on any atom is 0.303 e. The minimum Gasteiger partial charge on any atom is -0.481 e. The van der Waals surface area contributed by atoms with Crippen molar-refractivity contribution in [1.29, 1.82) is 0 Å². The number of aliphatic hydroxyl groups is 1. The molecule has 0 heterocycles. The Hall–Kier alpha value is -1.83. The summed E-state index contributed by atoms with van der Waals surface area (Å²) in [5.41, 5.74) is 10.9. The number of nitrogens with two attached hydrogens (primary N) is 2. The number of carboxylic acids is 1. The largest absolute Gasteiger partial charge is 0.481 e. The molecule has 0 radical (unpaired) electrons. The summed E-state index contributed by atoms with van der Waals surface area (Å²) in [7, 11) is 0. The molecule has 0 rings (SSSR count). The molecule has 30 heavy (non-hydrogen) atoms. The summed E-state index contributed by atoms with van der Waals surface area (Å²) in [6.07, 6.45) is 21.4. The van der Waals surface area contributed by atoms with Crippen LogP contribution in [-0.4, -0.2) is 45.2 Å². The molecule has 0 saturated carbocycles. The van der Waals surface area contributed by atoms with Gasteiger partial charge in [-0.05, 0) is 25.7 Å². The van der Waals surface area contributed by atoms with Crippen LogP contribution >= 0.6 is 11.8 Å². The number of rotatable bonds is 18. The number of hydrogen-bond acceptors (Lipinski definition) is 5. The molecule has 6 nitrogen and oxygen atoms in total. The highest BCUT2D eigenvalue weighted by atomic mass is 32.2. The molecule has 170 valence electrons. The first-order valence-electron chi connectivity index (χ1n) is 10.6. The Bertz CT molecular complexity index is 588. The van der Waals surface area contributed by atoms with Gasteiger partial charge >= 0.3 is 5.97 Å². The SMILES string of the molecule is CCCCC[C@H](O)[C@@H](/C=C/C=C/C=C\C/C=C\CCCC(=O)O)SC[C@H](N)C(N)=O. The number of carbonyl (C=O) groups is 2. The molecule has 0 aromatic rings. The van der Waals surface area contributed by atoms with Crippen molar-refractivity contribution in [2.75, 3.05) is 5.75 Å². The van der Waals surface area contributed by atoms with Gasteiger partial charge in [0.15, 0.2) is 0 Å². The molecule has 0 aliphatic carbocycles. The number of unbranched alkanes of at least 4 members (excludes halogenated alkanes) is 3. The molecule has 0 fully saturated rings. The van der Waals surface area contributed by atoms with Crippen molar-refractivity contribution in [2.45, 2.75) is 75.7 Å². The first-order chi connectivity index (χ1) is 14.4. The van der Waals surface area contributed by atoms with Gasteiger partial charge in [-0.2, -0.15) is 0 Å². The number of primary amides is 1. The average Bonchev–Trinajstić information content (AvgIpc) is 2.70. The monoisotopic (exact) mass is 438 g/mol. The van der Waals surface area contributed by atoms with Crippen LogP contribution in [0.4, 0.5) is 0 Å². The Morgan fingerprint density at radius 1 is 1.03 bits per heavy atom. The van der Waals surface area contributed by atoms with Gasteiger partial charge in [0.25, 0.3) is 0 Å². The summed E-state index contributed by atoms with van der Waals surface area (Å²) in [5, 5.41) is 18.9. The molecule has 0 unspecified atom stereocenters. The van der Waals surface area contributed by atoms with Gasteiger partial charge in [0.05, 0.1) is 12.1 Å². The first-order valence-corrected chi connectivity index (χ1v) is 11.6. The average molecular weight is 439 g/mol. The fraction of sp³-hybridized carbons (Fsp3) is 0.565. The molecule has 0 aromatic carbocycles. The lowest BCUT2D eigenvalue weighted by Gasteiger charge is -2.20. The Kier molecular flexibility index (Phi) is 18.0. The number of aliphatic hydroxyl groups excluding tert-OH is 1. The van der Waals surface area contributed by atoms with Gasteiger partial charge in [0, 0.05) is 17.4 Å². The number of carbonyl (C=O) groups excluding carboxylic acids is 1. The van der Waals surface area contributed by atoms with Crippen molar-refractivity contribution in [1.82, 2.24) is 0 Å². The molecule has 6 N–H and O–H groups in total. The Morgan fingerprint density at radius 2 is 1.77 bits per heavy atom. The predicted octanol–water partition coefficient (Wildman–Crippen LogP) is 3.71. The fourth-order valence-electron chi connectivity index (χ4n) is 2.48. The second-order valence-corrected chi connectivity index (χ2v) is 8.27. The van der Waals surface area contributed by atoms with Crippen molar-refractivity contribution < 1.29 is 19.8 Å². The lowest BCUT2D eigenvalue weighted by Crippen LogP contribution is -2.39. The Morgan fingerprint density at radius 3 is 2.43 bits per heavy atom. The van der Waals surface area contributed by atoms with Crippen LogP contribution in [0.15, 0.2) is 48.6 Å². The summed E-state index contributed by atoms with van der Waals surface area (Å²) in [5.74, 6) is -0.921. The molecule has 0 saturated heterocycles. The van der Waals surface area contributed by atoms with Crippen LogP contribution < -0.4 is 11.5 Å². The van der Waals surface area contributed by atoms with Gasteiger partial charge in [0.2, 0.25) is 5.91 Å². The molecule has 0 aliphatic rings. The second-order valence-electron chi connectivity index (χ2n) is 7.06. The first kappa shape index (κ1) is 28.2. The number of hydrogen-bond donors (Lipinski definition) is 4. The van der Waals surface area contributed by atoms with E-state index in [1.165, 1.54) is 11.8 Å². The number of aliphatic carboxylic acids is 1. The highest BCUT2D eigenvalue weighted by Crippen LogP contribution is 2.21. The molecular formula is C23H38N2O4S. The van der Waals surface area contributed by atoms with Crippen molar-refractivity contribution >= 4 is 23.6 Å². The van der Waals surface area contributed by atoms with Crippen LogP contribution in [0.5, 0.6) is 0 Å². The maximum absolute atomic E-state index is 11.1. The van der Waals surface area contributed by atoms with Crippen molar-refractivity contribution in [3.63, 3.8) is 0 Å². The van der Waals surface area contributed by atoms with Crippen LogP contribution in [0.3, 0.4) is 0 Å². The lowest BCUT2D eigenvalue weighted by molar-refractivity contribution is -0.137. The van der Waals surface area contributed by atoms with Gasteiger partial charge < -0.3 is 21.7 Å². The highest BCUT2D eigenvalue weighted by molar-refractivity contribution is 8.00. The van der Waals surface area contributed by atoms with Crippen molar-refractivity contribution in [3.8, 4) is 0 Å². The van der Waals surface area contributed by atoms with Crippen LogP contribution in [0.25, 0.3) is 0 Å². The molecule has 0 bridgehead atoms. The molecular weight excluding hydrogens is 400 g/mol. The minimum absolute atomic E-state index is 0.144. The smallest absolute Gasteiger partial charge is 0.303 e. The van der Waals surface area contributed by atoms with Gasteiger partial charge in [-0.1, -0.05) is 74.8 Å². The van der Waals surface area contributed by atoms with Gasteiger partial charge in [-0.3, -0.25) is 9.59 Å². The number of carboxylic acid groups (broad SMARTS) is 1. The van der Waals surface area contributed by atoms with Crippen LogP contribution in [0.2, 0.25) is 0 Å². The second kappa shape index (κ2) is 19.2. The molecule has 1 amide bonds. The van der Waals surface area contributed by atoms with E-state index >= 15 is 0 Å². The fourth-order valence-corrected chi connectivity index (χ4v) is 3.64. The molecule has 3 atom stereocenters. The van der Waals surface area contributed by atoms with Crippen molar-refractivity contribution in [2.24, 2.45) is 11.5 Å². The van der Waals surface area contributed by atoms with Crippen LogP contribution in [0.1, 0.15) is 58.3 Å². The van der Waals surface area contributed by atoms with E-state index < -0.39 is 24.0 Å². The zero-order valence-corrected chi connectivity index (χ0v) is 18.8. The van der Waals surface area contributed by atoms with Gasteiger partial charge in [-0.25, -0.2) is 0 Å². The Balaban J connectivity index is 4.42. The van der Waals surface area contributed by atoms with E-state index in [2.05, 4.69) is 6.92 Å². The number of amides is 1. The Labute approximate surface area is 185 Å². The standard InChI is InChI=1S/C23H38N2O4S/c1-2-3-12-15-20(26)21(30-18-19(24)23(25)29)16-13-10-8-6-4-5-7-9-11-14-17-22(27)28/h4,6-10,13,16,19-21,26H,2-3,5,11-12,14-15,17-18,24H2,1H3,(H2,25,29)(H,27,28)/b6-4-,9-7-,10-8+,16-13+/t19-,20-,21+/m0/s1. The summed E-state index contributed by atoms with van der Waals surface area (Å²) >= 11 is 1.45.